The summed E-state index contributed by atoms with van der Waals surface area (Å²) in [5, 5.41) is 3.56. The predicted octanol–water partition coefficient (Wildman–Crippen LogP) is 5.38. The Morgan fingerprint density at radius 1 is 1.23 bits per heavy atom. The third kappa shape index (κ3) is 3.62. The van der Waals surface area contributed by atoms with E-state index < -0.39 is 0 Å². The number of thioether (sulfide) groups is 1. The molecule has 2 aromatic rings. The highest BCUT2D eigenvalue weighted by molar-refractivity contribution is 7.99. The first-order valence-corrected chi connectivity index (χ1v) is 9.73. The van der Waals surface area contributed by atoms with Crippen molar-refractivity contribution in [3.63, 3.8) is 0 Å². The smallest absolute Gasteiger partial charge is 0.255 e. The molecule has 0 spiro atoms. The molecule has 0 N–H and O–H groups in total. The summed E-state index contributed by atoms with van der Waals surface area (Å²) in [4.78, 5) is 16.0. The molecule has 1 atom stereocenters. The molecular weight excluding hydrogens is 357 g/mol. The maximum Gasteiger partial charge on any atom is 0.255 e. The van der Waals surface area contributed by atoms with Crippen molar-refractivity contribution >= 4 is 52.2 Å². The van der Waals surface area contributed by atoms with E-state index in [0.29, 0.717) is 20.9 Å². The van der Waals surface area contributed by atoms with Crippen molar-refractivity contribution in [2.24, 2.45) is 0 Å². The van der Waals surface area contributed by atoms with E-state index in [9.17, 15) is 4.79 Å². The molecule has 1 fully saturated rings. The Bertz CT molecular complexity index is 660. The van der Waals surface area contributed by atoms with E-state index in [1.165, 1.54) is 4.88 Å². The van der Waals surface area contributed by atoms with Gasteiger partial charge in [0.25, 0.3) is 5.91 Å². The quantitative estimate of drug-likeness (QED) is 0.706. The molecule has 1 aliphatic rings. The number of thiophene rings is 1. The third-order valence-corrected chi connectivity index (χ3v) is 6.64. The normalized spacial score (nSPS) is 19.0. The number of benzene rings is 1. The summed E-state index contributed by atoms with van der Waals surface area (Å²) < 4.78 is 0. The highest BCUT2D eigenvalue weighted by Gasteiger charge is 2.24. The average molecular weight is 372 g/mol. The van der Waals surface area contributed by atoms with Gasteiger partial charge in [-0.25, -0.2) is 0 Å². The number of hydrogen-bond donors (Lipinski definition) is 0. The average Bonchev–Trinajstić information content (AvgIpc) is 2.91. The van der Waals surface area contributed by atoms with Crippen LogP contribution in [0.3, 0.4) is 0 Å². The Morgan fingerprint density at radius 3 is 2.82 bits per heavy atom. The van der Waals surface area contributed by atoms with Crippen LogP contribution in [0.2, 0.25) is 10.0 Å². The zero-order chi connectivity index (χ0) is 15.5. The minimum absolute atomic E-state index is 0.00547. The second kappa shape index (κ2) is 7.26. The number of hydrogen-bond acceptors (Lipinski definition) is 3. The minimum atomic E-state index is -0.00547. The van der Waals surface area contributed by atoms with E-state index in [-0.39, 0.29) is 5.91 Å². The van der Waals surface area contributed by atoms with Gasteiger partial charge in [0, 0.05) is 34.0 Å². The molecule has 0 saturated carbocycles. The first-order chi connectivity index (χ1) is 10.6. The second-order valence-electron chi connectivity index (χ2n) is 5.08. The van der Waals surface area contributed by atoms with Crippen LogP contribution in [0.15, 0.2) is 35.7 Å². The molecule has 1 aliphatic heterocycles. The van der Waals surface area contributed by atoms with Gasteiger partial charge < -0.3 is 4.90 Å². The molecule has 1 amide bonds. The van der Waals surface area contributed by atoms with Gasteiger partial charge in [-0.05, 0) is 36.1 Å². The lowest BCUT2D eigenvalue weighted by molar-refractivity contribution is 0.0767. The fourth-order valence-corrected chi connectivity index (χ4v) is 5.23. The van der Waals surface area contributed by atoms with E-state index >= 15 is 0 Å². The zero-order valence-electron chi connectivity index (χ0n) is 11.8. The first kappa shape index (κ1) is 16.2. The monoisotopic (exact) mass is 371 g/mol. The molecular formula is C16H15Cl2NOS2. The van der Waals surface area contributed by atoms with Crippen molar-refractivity contribution in [1.82, 2.24) is 4.90 Å². The summed E-state index contributed by atoms with van der Waals surface area (Å²) in [6.45, 7) is 1.51. The highest BCUT2D eigenvalue weighted by Crippen LogP contribution is 2.37. The van der Waals surface area contributed by atoms with Crippen LogP contribution in [0, 0.1) is 0 Å². The predicted molar refractivity (Wildman–Crippen MR) is 96.5 cm³/mol. The summed E-state index contributed by atoms with van der Waals surface area (Å²) in [5.74, 6) is 0.938. The van der Waals surface area contributed by atoms with Gasteiger partial charge in [-0.2, -0.15) is 11.8 Å². The molecule has 2 nitrogen and oxygen atoms in total. The summed E-state index contributed by atoms with van der Waals surface area (Å²) in [6, 6.07) is 9.30. The van der Waals surface area contributed by atoms with Gasteiger partial charge >= 0.3 is 0 Å². The van der Waals surface area contributed by atoms with Gasteiger partial charge in [0.2, 0.25) is 0 Å². The van der Waals surface area contributed by atoms with E-state index in [0.717, 1.165) is 25.3 Å². The Morgan fingerprint density at radius 2 is 2.09 bits per heavy atom. The Balaban J connectivity index is 1.71. The van der Waals surface area contributed by atoms with Crippen molar-refractivity contribution in [3.8, 4) is 0 Å². The standard InChI is InChI=1S/C16H15Cl2NOS2/c17-11-3-4-12(13(18)10-11)16(20)19-6-5-15(22-9-7-19)14-2-1-8-21-14/h1-4,8,10,15H,5-7,9H2. The van der Waals surface area contributed by atoms with Crippen LogP contribution in [0.5, 0.6) is 0 Å². The Labute approximate surface area is 148 Å². The maximum absolute atomic E-state index is 12.7. The molecule has 0 aliphatic carbocycles. The van der Waals surface area contributed by atoms with Crippen molar-refractivity contribution in [1.29, 1.82) is 0 Å². The van der Waals surface area contributed by atoms with Gasteiger partial charge in [0.1, 0.15) is 0 Å². The van der Waals surface area contributed by atoms with Crippen LogP contribution in [-0.2, 0) is 0 Å². The number of nitrogens with zero attached hydrogens (tertiary/aromatic N) is 1. The van der Waals surface area contributed by atoms with Crippen molar-refractivity contribution in [2.75, 3.05) is 18.8 Å². The topological polar surface area (TPSA) is 20.3 Å². The van der Waals surface area contributed by atoms with Gasteiger partial charge in [0.15, 0.2) is 0 Å². The molecule has 116 valence electrons. The van der Waals surface area contributed by atoms with E-state index in [2.05, 4.69) is 17.5 Å². The third-order valence-electron chi connectivity index (χ3n) is 3.65. The lowest BCUT2D eigenvalue weighted by atomic mass is 10.1. The highest BCUT2D eigenvalue weighted by atomic mass is 35.5. The molecule has 0 radical (unpaired) electrons. The van der Waals surface area contributed by atoms with Crippen LogP contribution >= 0.6 is 46.3 Å². The van der Waals surface area contributed by atoms with E-state index in [4.69, 9.17) is 23.2 Å². The van der Waals surface area contributed by atoms with Crippen LogP contribution in [-0.4, -0.2) is 29.6 Å². The van der Waals surface area contributed by atoms with E-state index in [1.54, 1.807) is 29.5 Å². The summed E-state index contributed by atoms with van der Waals surface area (Å²) in [7, 11) is 0. The Kier molecular flexibility index (Phi) is 5.34. The molecule has 3 rings (SSSR count). The molecule has 1 aromatic carbocycles. The van der Waals surface area contributed by atoms with Gasteiger partial charge in [-0.15, -0.1) is 11.3 Å². The molecule has 1 saturated heterocycles. The van der Waals surface area contributed by atoms with Crippen molar-refractivity contribution in [3.05, 3.63) is 56.2 Å². The first-order valence-electron chi connectivity index (χ1n) is 7.04. The molecule has 1 aromatic heterocycles. The molecule has 6 heteroatoms. The molecule has 1 unspecified atom stereocenters. The summed E-state index contributed by atoms with van der Waals surface area (Å²) >= 11 is 15.8. The van der Waals surface area contributed by atoms with Crippen LogP contribution in [0.25, 0.3) is 0 Å². The van der Waals surface area contributed by atoms with E-state index in [1.807, 2.05) is 16.7 Å². The maximum atomic E-state index is 12.7. The molecule has 22 heavy (non-hydrogen) atoms. The lowest BCUT2D eigenvalue weighted by Crippen LogP contribution is -2.33. The zero-order valence-corrected chi connectivity index (χ0v) is 14.9. The minimum Gasteiger partial charge on any atom is -0.338 e. The van der Waals surface area contributed by atoms with Gasteiger partial charge in [0.05, 0.1) is 10.6 Å². The lowest BCUT2D eigenvalue weighted by Gasteiger charge is -2.21. The number of carbonyl (C=O) groups excluding carboxylic acids is 1. The SMILES string of the molecule is O=C(c1ccc(Cl)cc1Cl)N1CCSC(c2cccs2)CC1. The van der Waals surface area contributed by atoms with Crippen LogP contribution in [0.1, 0.15) is 26.9 Å². The largest absolute Gasteiger partial charge is 0.338 e. The number of rotatable bonds is 2. The fraction of sp³-hybridized carbons (Fsp3) is 0.312. The van der Waals surface area contributed by atoms with Crippen molar-refractivity contribution in [2.45, 2.75) is 11.7 Å². The van der Waals surface area contributed by atoms with Crippen LogP contribution < -0.4 is 0 Å². The number of halogens is 2. The second-order valence-corrected chi connectivity index (χ2v) is 8.21. The summed E-state index contributed by atoms with van der Waals surface area (Å²) in [5.41, 5.74) is 0.533. The Hall–Kier alpha value is -0.680. The van der Waals surface area contributed by atoms with Gasteiger partial charge in [-0.1, -0.05) is 29.3 Å². The number of amides is 1. The number of carbonyl (C=O) groups is 1. The summed E-state index contributed by atoms with van der Waals surface area (Å²) in [6.07, 6.45) is 0.974. The fourth-order valence-electron chi connectivity index (χ4n) is 2.51. The van der Waals surface area contributed by atoms with Crippen molar-refractivity contribution < 1.29 is 4.79 Å². The van der Waals surface area contributed by atoms with Crippen LogP contribution in [0.4, 0.5) is 0 Å². The molecule has 2 heterocycles. The van der Waals surface area contributed by atoms with Gasteiger partial charge in [-0.3, -0.25) is 4.79 Å². The molecule has 0 bridgehead atoms.